The smallest absolute Gasteiger partial charge is 0.0801 e. The van der Waals surface area contributed by atoms with Crippen LogP contribution in [0.1, 0.15) is 70.2 Å². The standard InChI is InChI=1S/C38H37Si/c1-37(2,3)28-21-22-31-27(23-28)24-33-32(31)25-34(36(38(4,5)6)35(33)26-15-13-14-16-26)39(29-17-9-7-10-18-29)30-19-11-8-12-20-30/h7-15,17-23,25H,16H2,1-6H3. The minimum atomic E-state index is -1.27. The van der Waals surface area contributed by atoms with Crippen molar-refractivity contribution in [3.05, 3.63) is 135 Å². The van der Waals surface area contributed by atoms with Gasteiger partial charge in [-0.15, -0.1) is 0 Å². The van der Waals surface area contributed by atoms with Crippen LogP contribution in [0.15, 0.2) is 103 Å². The van der Waals surface area contributed by atoms with Crippen molar-refractivity contribution in [2.45, 2.75) is 58.8 Å². The lowest BCUT2D eigenvalue weighted by molar-refractivity contribution is 0.585. The van der Waals surface area contributed by atoms with E-state index in [1.165, 1.54) is 59.4 Å². The molecule has 39 heavy (non-hydrogen) atoms. The highest BCUT2D eigenvalue weighted by atomic mass is 28.2. The van der Waals surface area contributed by atoms with E-state index in [0.717, 1.165) is 6.42 Å². The molecule has 0 nitrogen and oxygen atoms in total. The first kappa shape index (κ1) is 25.7. The zero-order chi connectivity index (χ0) is 27.4. The number of allylic oxidation sites excluding steroid dienone is 4. The van der Waals surface area contributed by atoms with Crippen LogP contribution < -0.4 is 15.6 Å². The Labute approximate surface area is 235 Å². The van der Waals surface area contributed by atoms with Crippen LogP contribution in [-0.4, -0.2) is 8.41 Å². The summed E-state index contributed by atoms with van der Waals surface area (Å²) in [6.45, 7) is 14.0. The predicted octanol–water partition coefficient (Wildman–Crippen LogP) is 7.45. The first-order chi connectivity index (χ1) is 18.6. The average molecular weight is 522 g/mol. The third-order valence-corrected chi connectivity index (χ3v) is 10.8. The zero-order valence-corrected chi connectivity index (χ0v) is 25.0. The lowest BCUT2D eigenvalue weighted by Crippen LogP contribution is -2.37. The van der Waals surface area contributed by atoms with Crippen molar-refractivity contribution in [1.82, 2.24) is 0 Å². The summed E-state index contributed by atoms with van der Waals surface area (Å²) >= 11 is 0. The molecule has 0 saturated heterocycles. The Bertz CT molecular complexity index is 1710. The fourth-order valence-corrected chi connectivity index (χ4v) is 9.17. The highest BCUT2D eigenvalue weighted by Crippen LogP contribution is 2.38. The van der Waals surface area contributed by atoms with Gasteiger partial charge in [0, 0.05) is 0 Å². The maximum atomic E-state index is 3.94. The fourth-order valence-electron chi connectivity index (χ4n) is 6.13. The van der Waals surface area contributed by atoms with E-state index in [4.69, 9.17) is 0 Å². The molecule has 0 aromatic heterocycles. The van der Waals surface area contributed by atoms with Gasteiger partial charge in [-0.3, -0.25) is 0 Å². The third kappa shape index (κ3) is 4.64. The van der Waals surface area contributed by atoms with Crippen molar-refractivity contribution in [3.8, 4) is 11.1 Å². The van der Waals surface area contributed by atoms with Gasteiger partial charge in [0.05, 0.1) is 8.41 Å². The second-order valence-electron chi connectivity index (χ2n) is 12.9. The summed E-state index contributed by atoms with van der Waals surface area (Å²) in [6.07, 6.45) is 11.8. The maximum Gasteiger partial charge on any atom is 0.0881 e. The van der Waals surface area contributed by atoms with E-state index in [1.54, 1.807) is 0 Å². The lowest BCUT2D eigenvalue weighted by atomic mass is 9.79. The number of benzene rings is 4. The Morgan fingerprint density at radius 1 is 0.692 bits per heavy atom. The second kappa shape index (κ2) is 9.57. The molecular weight excluding hydrogens is 485 g/mol. The Kier molecular flexibility index (Phi) is 6.31. The first-order valence-electron chi connectivity index (χ1n) is 14.1. The molecule has 0 saturated carbocycles. The lowest BCUT2D eigenvalue weighted by Gasteiger charge is -2.27. The molecule has 193 valence electrons. The van der Waals surface area contributed by atoms with Crippen molar-refractivity contribution in [2.75, 3.05) is 0 Å². The number of hydrogen-bond acceptors (Lipinski definition) is 0. The van der Waals surface area contributed by atoms with Gasteiger partial charge < -0.3 is 0 Å². The van der Waals surface area contributed by atoms with E-state index in [9.17, 15) is 0 Å². The first-order valence-corrected chi connectivity index (χ1v) is 15.6. The molecule has 6 rings (SSSR count). The summed E-state index contributed by atoms with van der Waals surface area (Å²) in [7, 11) is -1.27. The Morgan fingerprint density at radius 2 is 1.33 bits per heavy atom. The van der Waals surface area contributed by atoms with Gasteiger partial charge >= 0.3 is 0 Å². The van der Waals surface area contributed by atoms with Crippen LogP contribution in [0.5, 0.6) is 0 Å². The number of hydrogen-bond donors (Lipinski definition) is 0. The summed E-state index contributed by atoms with van der Waals surface area (Å²) in [5.74, 6) is 0. The summed E-state index contributed by atoms with van der Waals surface area (Å²) in [5, 5.41) is 4.14. The molecule has 0 unspecified atom stereocenters. The van der Waals surface area contributed by atoms with Crippen LogP contribution in [0.2, 0.25) is 0 Å². The van der Waals surface area contributed by atoms with Gasteiger partial charge in [-0.2, -0.15) is 0 Å². The zero-order valence-electron chi connectivity index (χ0n) is 24.0. The summed E-state index contributed by atoms with van der Waals surface area (Å²) < 4.78 is 0. The summed E-state index contributed by atoms with van der Waals surface area (Å²) in [6, 6.07) is 32.0. The van der Waals surface area contributed by atoms with Crippen LogP contribution in [0.4, 0.5) is 0 Å². The average Bonchev–Trinajstić information content (AvgIpc) is 3.56. The van der Waals surface area contributed by atoms with Crippen LogP contribution >= 0.6 is 0 Å². The van der Waals surface area contributed by atoms with E-state index in [-0.39, 0.29) is 10.8 Å². The summed E-state index contributed by atoms with van der Waals surface area (Å²) in [4.78, 5) is 1.50. The molecule has 0 N–H and O–H groups in total. The van der Waals surface area contributed by atoms with Crippen molar-refractivity contribution < 1.29 is 0 Å². The van der Waals surface area contributed by atoms with Crippen LogP contribution in [0, 0.1) is 4.81 Å². The van der Waals surface area contributed by atoms with Gasteiger partial charge in [0.25, 0.3) is 0 Å². The molecule has 0 heterocycles. The highest BCUT2D eigenvalue weighted by molar-refractivity contribution is 6.78. The Balaban J connectivity index is 1.82. The highest BCUT2D eigenvalue weighted by Gasteiger charge is 2.29. The summed E-state index contributed by atoms with van der Waals surface area (Å²) in [5.41, 5.74) is 9.62. The van der Waals surface area contributed by atoms with E-state index >= 15 is 0 Å². The fraction of sp³-hybridized carbons (Fsp3) is 0.237. The van der Waals surface area contributed by atoms with Gasteiger partial charge in [0.15, 0.2) is 0 Å². The number of fused-ring (bicyclic) bond motifs is 3. The second-order valence-corrected chi connectivity index (χ2v) is 15.4. The molecule has 4 aromatic carbocycles. The maximum absolute atomic E-state index is 3.94. The third-order valence-electron chi connectivity index (χ3n) is 8.00. The largest absolute Gasteiger partial charge is 0.0881 e. The molecule has 4 aromatic rings. The molecular formula is C38H37Si. The molecule has 0 bridgehead atoms. The molecule has 0 atom stereocenters. The van der Waals surface area contributed by atoms with Crippen molar-refractivity contribution in [1.29, 1.82) is 0 Å². The van der Waals surface area contributed by atoms with Gasteiger partial charge in [-0.25, -0.2) is 0 Å². The molecule has 2 aliphatic carbocycles. The van der Waals surface area contributed by atoms with E-state index in [0.29, 0.717) is 0 Å². The molecule has 0 amide bonds. The van der Waals surface area contributed by atoms with Crippen LogP contribution in [0.3, 0.4) is 0 Å². The van der Waals surface area contributed by atoms with Crippen LogP contribution in [-0.2, 0) is 10.8 Å². The van der Waals surface area contributed by atoms with E-state index < -0.39 is 8.41 Å². The van der Waals surface area contributed by atoms with Gasteiger partial charge in [0.1, 0.15) is 0 Å². The van der Waals surface area contributed by atoms with Crippen LogP contribution in [0.25, 0.3) is 22.8 Å². The molecule has 0 fully saturated rings. The van der Waals surface area contributed by atoms with Gasteiger partial charge in [-0.1, -0.05) is 139 Å². The van der Waals surface area contributed by atoms with Gasteiger partial charge in [0.2, 0.25) is 0 Å². The monoisotopic (exact) mass is 521 g/mol. The van der Waals surface area contributed by atoms with Crippen molar-refractivity contribution in [3.63, 3.8) is 0 Å². The van der Waals surface area contributed by atoms with Crippen molar-refractivity contribution in [2.24, 2.45) is 0 Å². The molecule has 0 spiro atoms. The molecule has 0 aliphatic heterocycles. The van der Waals surface area contributed by atoms with E-state index in [1.807, 2.05) is 0 Å². The normalized spacial score (nSPS) is 14.1. The minimum absolute atomic E-state index is 0.0321. The quantitative estimate of drug-likeness (QED) is 0.216. The molecule has 1 radical (unpaired) electrons. The van der Waals surface area contributed by atoms with Gasteiger partial charge in [-0.05, 0) is 88.8 Å². The SMILES string of the molecule is CC(C)(C)c1ccc2c(c1)[C]=c1c-2cc(=[Si](c2ccccc2)c2ccccc2)c(C(C)(C)C)c1C1=CC=CC1. The minimum Gasteiger partial charge on any atom is -0.0801 e. The van der Waals surface area contributed by atoms with Crippen molar-refractivity contribution >= 4 is 30.4 Å². The Morgan fingerprint density at radius 3 is 1.87 bits per heavy atom. The Hall–Kier alpha value is -3.55. The predicted molar refractivity (Wildman–Crippen MR) is 170 cm³/mol. The van der Waals surface area contributed by atoms with E-state index in [2.05, 4.69) is 151 Å². The number of rotatable bonds is 3. The molecule has 1 heteroatoms. The molecule has 2 aliphatic rings. The topological polar surface area (TPSA) is 0 Å².